The Morgan fingerprint density at radius 1 is 1.34 bits per heavy atom. The molecule has 2 N–H and O–H groups in total. The van der Waals surface area contributed by atoms with Crippen molar-refractivity contribution in [2.75, 3.05) is 7.11 Å². The standard InChI is InChI=1S/C22H23FN6O2S/c1-11(14-9-22(2)7-6-15(27-22)17(14)23)19-28-29-20(32-19)13-5-4-12(8-16(13)30)18-24-10-25-21(26-18)31-3/h4-5,8,10,14-15,17,27,30H,1,6-7,9H2,2-3H3/t14-,15?,17+,22+/m1/s1. The molecule has 10 heteroatoms. The first-order chi connectivity index (χ1) is 15.4. The Labute approximate surface area is 188 Å². The lowest BCUT2D eigenvalue weighted by Gasteiger charge is -2.39. The monoisotopic (exact) mass is 454 g/mol. The summed E-state index contributed by atoms with van der Waals surface area (Å²) in [7, 11) is 1.47. The molecule has 166 valence electrons. The van der Waals surface area contributed by atoms with Gasteiger partial charge in [0.1, 0.15) is 23.3 Å². The number of nitrogens with zero attached hydrogens (tertiary/aromatic N) is 5. The summed E-state index contributed by atoms with van der Waals surface area (Å²) in [5.74, 6) is 0.114. The number of hydrogen-bond donors (Lipinski definition) is 2. The van der Waals surface area contributed by atoms with Crippen molar-refractivity contribution >= 4 is 16.9 Å². The Morgan fingerprint density at radius 3 is 2.97 bits per heavy atom. The number of allylic oxidation sites excluding steroid dienone is 1. The molecule has 8 nitrogen and oxygen atoms in total. The highest BCUT2D eigenvalue weighted by Gasteiger charge is 2.49. The van der Waals surface area contributed by atoms with Crippen LogP contribution in [0.15, 0.2) is 31.1 Å². The zero-order valence-electron chi connectivity index (χ0n) is 17.7. The molecule has 32 heavy (non-hydrogen) atoms. The molecule has 4 atom stereocenters. The van der Waals surface area contributed by atoms with E-state index in [4.69, 9.17) is 4.74 Å². The van der Waals surface area contributed by atoms with E-state index in [0.717, 1.165) is 12.8 Å². The zero-order valence-corrected chi connectivity index (χ0v) is 18.6. The van der Waals surface area contributed by atoms with Gasteiger partial charge in [-0.1, -0.05) is 24.0 Å². The van der Waals surface area contributed by atoms with Gasteiger partial charge in [0.05, 0.1) is 12.7 Å². The topological polar surface area (TPSA) is 106 Å². The van der Waals surface area contributed by atoms with Gasteiger partial charge < -0.3 is 15.2 Å². The van der Waals surface area contributed by atoms with Gasteiger partial charge in [0.25, 0.3) is 0 Å². The highest BCUT2D eigenvalue weighted by Crippen LogP contribution is 2.46. The molecule has 1 unspecified atom stereocenters. The van der Waals surface area contributed by atoms with Crippen molar-refractivity contribution in [3.8, 4) is 33.7 Å². The summed E-state index contributed by atoms with van der Waals surface area (Å²) in [6.45, 7) is 6.31. The van der Waals surface area contributed by atoms with Gasteiger partial charge >= 0.3 is 6.01 Å². The summed E-state index contributed by atoms with van der Waals surface area (Å²) >= 11 is 1.30. The van der Waals surface area contributed by atoms with Crippen LogP contribution in [0.3, 0.4) is 0 Å². The number of benzene rings is 1. The molecule has 0 radical (unpaired) electrons. The number of fused-ring (bicyclic) bond motifs is 2. The summed E-state index contributed by atoms with van der Waals surface area (Å²) in [5.41, 5.74) is 1.76. The quantitative estimate of drug-likeness (QED) is 0.602. The SMILES string of the molecule is C=C(c1nnc(-c2ccc(-c3ncnc(OC)n3)cc2O)s1)[C@H]1C[C@]2(C)CCC(N2)[C@H]1F. The number of phenols is 1. The third-order valence-corrected chi connectivity index (χ3v) is 7.38. The second-order valence-electron chi connectivity index (χ2n) is 8.57. The van der Waals surface area contributed by atoms with Gasteiger partial charge in [-0.05, 0) is 43.9 Å². The van der Waals surface area contributed by atoms with Gasteiger partial charge in [-0.25, -0.2) is 9.37 Å². The molecular formula is C22H23FN6O2S. The number of hydrogen-bond acceptors (Lipinski definition) is 9. The number of aromatic nitrogens is 5. The van der Waals surface area contributed by atoms with E-state index in [0.29, 0.717) is 39.0 Å². The fourth-order valence-electron chi connectivity index (χ4n) is 4.65. The Bertz CT molecular complexity index is 1190. The van der Waals surface area contributed by atoms with Gasteiger partial charge in [0, 0.05) is 23.1 Å². The number of aromatic hydroxyl groups is 1. The lowest BCUT2D eigenvalue weighted by Crippen LogP contribution is -2.53. The van der Waals surface area contributed by atoms with Crippen LogP contribution in [0.4, 0.5) is 4.39 Å². The van der Waals surface area contributed by atoms with E-state index in [2.05, 4.69) is 44.0 Å². The Morgan fingerprint density at radius 2 is 2.19 bits per heavy atom. The molecule has 2 aliphatic rings. The first-order valence-electron chi connectivity index (χ1n) is 10.4. The fourth-order valence-corrected chi connectivity index (χ4v) is 5.56. The summed E-state index contributed by atoms with van der Waals surface area (Å²) in [4.78, 5) is 12.2. The molecule has 2 bridgehead atoms. The summed E-state index contributed by atoms with van der Waals surface area (Å²) < 4.78 is 20.1. The van der Waals surface area contributed by atoms with E-state index in [1.54, 1.807) is 18.2 Å². The first kappa shape index (κ1) is 20.9. The van der Waals surface area contributed by atoms with Crippen LogP contribution < -0.4 is 10.1 Å². The van der Waals surface area contributed by atoms with Crippen LogP contribution in [0.1, 0.15) is 31.2 Å². The van der Waals surface area contributed by atoms with Gasteiger partial charge in [-0.3, -0.25) is 0 Å². The van der Waals surface area contributed by atoms with Crippen LogP contribution in [0.2, 0.25) is 0 Å². The normalized spacial score (nSPS) is 26.8. The predicted molar refractivity (Wildman–Crippen MR) is 119 cm³/mol. The molecule has 2 aromatic heterocycles. The van der Waals surface area contributed by atoms with Crippen molar-refractivity contribution in [3.05, 3.63) is 36.1 Å². The molecule has 5 rings (SSSR count). The van der Waals surface area contributed by atoms with Gasteiger partial charge in [-0.15, -0.1) is 10.2 Å². The second-order valence-corrected chi connectivity index (χ2v) is 9.55. The molecular weight excluding hydrogens is 431 g/mol. The molecule has 3 aromatic rings. The van der Waals surface area contributed by atoms with Crippen molar-refractivity contribution in [3.63, 3.8) is 0 Å². The van der Waals surface area contributed by atoms with Crippen LogP contribution in [0.25, 0.3) is 27.5 Å². The summed E-state index contributed by atoms with van der Waals surface area (Å²) in [6.07, 6.45) is 2.86. The average Bonchev–Trinajstić information content (AvgIpc) is 3.41. The maximum atomic E-state index is 15.1. The van der Waals surface area contributed by atoms with E-state index in [-0.39, 0.29) is 29.3 Å². The third kappa shape index (κ3) is 3.63. The minimum Gasteiger partial charge on any atom is -0.507 e. The lowest BCUT2D eigenvalue weighted by molar-refractivity contribution is 0.135. The minimum absolute atomic E-state index is 0.0194. The van der Waals surface area contributed by atoms with Gasteiger partial charge in [0.15, 0.2) is 10.8 Å². The maximum Gasteiger partial charge on any atom is 0.319 e. The summed E-state index contributed by atoms with van der Waals surface area (Å²) in [6, 6.07) is 5.13. The molecule has 0 aliphatic carbocycles. The number of nitrogens with one attached hydrogen (secondary N) is 1. The molecule has 0 saturated carbocycles. The lowest BCUT2D eigenvalue weighted by atomic mass is 9.80. The third-order valence-electron chi connectivity index (χ3n) is 6.35. The first-order valence-corrected chi connectivity index (χ1v) is 11.2. The Hall–Kier alpha value is -2.98. The van der Waals surface area contributed by atoms with Crippen LogP contribution in [0, 0.1) is 5.92 Å². The highest BCUT2D eigenvalue weighted by atomic mass is 32.1. The van der Waals surface area contributed by atoms with Crippen LogP contribution >= 0.6 is 11.3 Å². The van der Waals surface area contributed by atoms with E-state index in [9.17, 15) is 5.11 Å². The van der Waals surface area contributed by atoms with E-state index < -0.39 is 6.17 Å². The van der Waals surface area contributed by atoms with Gasteiger partial charge in [-0.2, -0.15) is 9.97 Å². The molecule has 2 aliphatic heterocycles. The predicted octanol–water partition coefficient (Wildman–Crippen LogP) is 3.65. The smallest absolute Gasteiger partial charge is 0.319 e. The number of alkyl halides is 1. The number of ether oxygens (including phenoxy) is 1. The van der Waals surface area contributed by atoms with Crippen molar-refractivity contribution in [1.82, 2.24) is 30.5 Å². The fraction of sp³-hybridized carbons (Fsp3) is 0.409. The number of rotatable bonds is 5. The summed E-state index contributed by atoms with van der Waals surface area (Å²) in [5, 5.41) is 23.7. The number of methoxy groups -OCH3 is 1. The molecule has 4 heterocycles. The largest absolute Gasteiger partial charge is 0.507 e. The number of piperidine rings is 1. The molecule has 0 amide bonds. The molecule has 0 spiro atoms. The molecule has 2 saturated heterocycles. The van der Waals surface area contributed by atoms with Gasteiger partial charge in [0.2, 0.25) is 0 Å². The zero-order chi connectivity index (χ0) is 22.5. The highest BCUT2D eigenvalue weighted by molar-refractivity contribution is 7.15. The van der Waals surface area contributed by atoms with E-state index >= 15 is 4.39 Å². The molecule has 2 fully saturated rings. The molecule has 1 aromatic carbocycles. The second kappa shape index (κ2) is 7.86. The Kier molecular flexibility index (Phi) is 5.13. The maximum absolute atomic E-state index is 15.1. The van der Waals surface area contributed by atoms with Crippen molar-refractivity contribution in [2.24, 2.45) is 5.92 Å². The van der Waals surface area contributed by atoms with Crippen LogP contribution in [-0.4, -0.2) is 55.1 Å². The van der Waals surface area contributed by atoms with Crippen molar-refractivity contribution < 1.29 is 14.2 Å². The van der Waals surface area contributed by atoms with Crippen molar-refractivity contribution in [1.29, 1.82) is 0 Å². The minimum atomic E-state index is -0.990. The number of phenolic OH excluding ortho intramolecular Hbond substituents is 1. The Balaban J connectivity index is 1.39. The van der Waals surface area contributed by atoms with E-state index in [1.807, 2.05) is 0 Å². The van der Waals surface area contributed by atoms with Crippen LogP contribution in [-0.2, 0) is 0 Å². The van der Waals surface area contributed by atoms with E-state index in [1.165, 1.54) is 24.8 Å². The number of halogens is 1. The van der Waals surface area contributed by atoms with Crippen molar-refractivity contribution in [2.45, 2.75) is 43.9 Å². The average molecular weight is 455 g/mol. The van der Waals surface area contributed by atoms with Crippen LogP contribution in [0.5, 0.6) is 11.8 Å².